The standard InChI is InChI=1S/2C12H15Cl.C11H14/c1-12(2)6-5-10-7-9(8-13)3-4-11(10)12;1-12(2)6-5-10-4-3-9(8-13)7-11(10)12;1-11(2)8-7-9-5-3-4-6-10(9)11/h2*3-4,7H,5-6,8H2,1-2H3;3-6H,7-8H2,1-2H3. The van der Waals surface area contributed by atoms with Crippen molar-refractivity contribution >= 4 is 23.2 Å². The zero-order chi connectivity index (χ0) is 26.8. The van der Waals surface area contributed by atoms with Crippen LogP contribution in [0, 0.1) is 0 Å². The quantitative estimate of drug-likeness (QED) is 0.286. The van der Waals surface area contributed by atoms with Crippen molar-refractivity contribution < 1.29 is 0 Å². The number of hydrogen-bond donors (Lipinski definition) is 0. The zero-order valence-electron chi connectivity index (χ0n) is 23.7. The third-order valence-corrected chi connectivity index (χ3v) is 9.53. The summed E-state index contributed by atoms with van der Waals surface area (Å²) in [6.45, 7) is 13.9. The molecule has 0 aliphatic heterocycles. The van der Waals surface area contributed by atoms with Crippen molar-refractivity contribution in [2.24, 2.45) is 0 Å². The minimum absolute atomic E-state index is 0.359. The third-order valence-electron chi connectivity index (χ3n) is 8.92. The summed E-state index contributed by atoms with van der Waals surface area (Å²) in [6.07, 6.45) is 7.57. The summed E-state index contributed by atoms with van der Waals surface area (Å²) in [7, 11) is 0. The molecule has 0 unspecified atom stereocenters. The average Bonchev–Trinajstić information content (AvgIpc) is 3.49. The van der Waals surface area contributed by atoms with Gasteiger partial charge in [-0.25, -0.2) is 0 Å². The molecule has 0 amide bonds. The predicted octanol–water partition coefficient (Wildman–Crippen LogP) is 10.2. The van der Waals surface area contributed by atoms with Gasteiger partial charge in [0.1, 0.15) is 0 Å². The Bertz CT molecular complexity index is 1230. The summed E-state index contributed by atoms with van der Waals surface area (Å²) in [5.74, 6) is 1.26. The van der Waals surface area contributed by atoms with E-state index in [0.29, 0.717) is 28.0 Å². The highest BCUT2D eigenvalue weighted by Crippen LogP contribution is 2.40. The third kappa shape index (κ3) is 6.29. The van der Waals surface area contributed by atoms with Crippen LogP contribution in [-0.4, -0.2) is 0 Å². The van der Waals surface area contributed by atoms with Crippen LogP contribution in [0.4, 0.5) is 0 Å². The second-order valence-corrected chi connectivity index (χ2v) is 13.6. The highest BCUT2D eigenvalue weighted by atomic mass is 35.5. The van der Waals surface area contributed by atoms with Crippen molar-refractivity contribution in [3.8, 4) is 0 Å². The molecule has 3 aliphatic rings. The number of benzene rings is 3. The van der Waals surface area contributed by atoms with Crippen molar-refractivity contribution in [2.45, 2.75) is 108 Å². The first-order valence-corrected chi connectivity index (χ1v) is 15.0. The molecule has 0 saturated heterocycles. The van der Waals surface area contributed by atoms with Gasteiger partial charge >= 0.3 is 0 Å². The van der Waals surface area contributed by atoms with E-state index in [0.717, 1.165) is 0 Å². The van der Waals surface area contributed by atoms with Gasteiger partial charge in [0.2, 0.25) is 0 Å². The molecule has 3 aromatic carbocycles. The fourth-order valence-corrected chi connectivity index (χ4v) is 6.63. The lowest BCUT2D eigenvalue weighted by molar-refractivity contribution is 0.522. The number of rotatable bonds is 2. The Labute approximate surface area is 235 Å². The van der Waals surface area contributed by atoms with Crippen LogP contribution >= 0.6 is 23.2 Å². The second kappa shape index (κ2) is 11.2. The van der Waals surface area contributed by atoms with Gasteiger partial charge in [-0.05, 0) is 99.3 Å². The summed E-state index contributed by atoms with van der Waals surface area (Å²) >= 11 is 11.6. The van der Waals surface area contributed by atoms with Gasteiger partial charge in [-0.1, -0.05) is 102 Å². The van der Waals surface area contributed by atoms with Gasteiger partial charge in [-0.15, -0.1) is 23.2 Å². The largest absolute Gasteiger partial charge is 0.122 e. The lowest BCUT2D eigenvalue weighted by Gasteiger charge is -2.19. The van der Waals surface area contributed by atoms with Crippen molar-refractivity contribution in [2.75, 3.05) is 0 Å². The van der Waals surface area contributed by atoms with Crippen molar-refractivity contribution in [1.29, 1.82) is 0 Å². The maximum Gasteiger partial charge on any atom is 0.0474 e. The summed E-state index contributed by atoms with van der Waals surface area (Å²) in [5.41, 5.74) is 12.8. The smallest absolute Gasteiger partial charge is 0.0474 e. The summed E-state index contributed by atoms with van der Waals surface area (Å²) in [6, 6.07) is 22.1. The Hall–Kier alpha value is -1.76. The number of hydrogen-bond acceptors (Lipinski definition) is 0. The minimum atomic E-state index is 0.359. The fraction of sp³-hybridized carbons (Fsp3) is 0.486. The van der Waals surface area contributed by atoms with E-state index in [1.165, 1.54) is 71.9 Å². The molecule has 6 rings (SSSR count). The molecule has 0 nitrogen and oxygen atoms in total. The first kappa shape index (κ1) is 28.3. The molecule has 0 spiro atoms. The zero-order valence-corrected chi connectivity index (χ0v) is 25.2. The van der Waals surface area contributed by atoms with Gasteiger partial charge in [0.25, 0.3) is 0 Å². The predicted molar refractivity (Wildman–Crippen MR) is 162 cm³/mol. The molecule has 0 N–H and O–H groups in total. The average molecular weight is 536 g/mol. The molecule has 37 heavy (non-hydrogen) atoms. The van der Waals surface area contributed by atoms with Crippen LogP contribution in [0.5, 0.6) is 0 Å². The van der Waals surface area contributed by atoms with E-state index >= 15 is 0 Å². The molecule has 0 heterocycles. The van der Waals surface area contributed by atoms with Crippen molar-refractivity contribution in [1.82, 2.24) is 0 Å². The van der Waals surface area contributed by atoms with E-state index < -0.39 is 0 Å². The number of alkyl halides is 2. The highest BCUT2D eigenvalue weighted by Gasteiger charge is 2.30. The fourth-order valence-electron chi connectivity index (χ4n) is 6.30. The molecule has 0 saturated carbocycles. The minimum Gasteiger partial charge on any atom is -0.122 e. The van der Waals surface area contributed by atoms with Gasteiger partial charge in [0, 0.05) is 11.8 Å². The number of aryl methyl sites for hydroxylation is 3. The molecule has 0 fully saturated rings. The SMILES string of the molecule is CC1(C)CCc2cc(CCl)ccc21.CC1(C)CCc2ccc(CCl)cc21.CC1(C)CCc2ccccc21. The van der Waals surface area contributed by atoms with Gasteiger partial charge in [-0.3, -0.25) is 0 Å². The van der Waals surface area contributed by atoms with E-state index in [1.54, 1.807) is 11.1 Å². The van der Waals surface area contributed by atoms with Crippen LogP contribution in [0.3, 0.4) is 0 Å². The van der Waals surface area contributed by atoms with E-state index in [9.17, 15) is 0 Å². The van der Waals surface area contributed by atoms with Gasteiger partial charge < -0.3 is 0 Å². The highest BCUT2D eigenvalue weighted by molar-refractivity contribution is 6.17. The van der Waals surface area contributed by atoms with Crippen LogP contribution in [0.2, 0.25) is 0 Å². The summed E-state index contributed by atoms with van der Waals surface area (Å²) in [4.78, 5) is 0. The lowest BCUT2D eigenvalue weighted by atomic mass is 9.86. The maximum absolute atomic E-state index is 5.82. The Morgan fingerprint density at radius 1 is 0.514 bits per heavy atom. The first-order chi connectivity index (χ1) is 17.5. The molecular formula is C35H44Cl2. The first-order valence-electron chi connectivity index (χ1n) is 13.9. The van der Waals surface area contributed by atoms with Crippen LogP contribution in [0.1, 0.15) is 105 Å². The van der Waals surface area contributed by atoms with E-state index in [2.05, 4.69) is 102 Å². The molecule has 0 aromatic heterocycles. The molecule has 0 bridgehead atoms. The van der Waals surface area contributed by atoms with E-state index in [4.69, 9.17) is 23.2 Å². The Kier molecular flexibility index (Phi) is 8.52. The molecule has 0 radical (unpaired) electrons. The van der Waals surface area contributed by atoms with E-state index in [1.807, 2.05) is 0 Å². The number of fused-ring (bicyclic) bond motifs is 3. The van der Waals surface area contributed by atoms with Crippen LogP contribution in [0.25, 0.3) is 0 Å². The Morgan fingerprint density at radius 3 is 1.57 bits per heavy atom. The molecule has 198 valence electrons. The molecule has 2 heteroatoms. The van der Waals surface area contributed by atoms with Gasteiger partial charge in [-0.2, -0.15) is 0 Å². The molecule has 3 aromatic rings. The molecule has 0 atom stereocenters. The van der Waals surface area contributed by atoms with Crippen molar-refractivity contribution in [3.63, 3.8) is 0 Å². The normalized spacial score (nSPS) is 19.0. The van der Waals surface area contributed by atoms with Gasteiger partial charge in [0.05, 0.1) is 0 Å². The monoisotopic (exact) mass is 534 g/mol. The Morgan fingerprint density at radius 2 is 0.973 bits per heavy atom. The topological polar surface area (TPSA) is 0 Å². The molecule has 3 aliphatic carbocycles. The number of halogens is 2. The Balaban J connectivity index is 0.000000130. The van der Waals surface area contributed by atoms with Gasteiger partial charge in [0.15, 0.2) is 0 Å². The van der Waals surface area contributed by atoms with Crippen molar-refractivity contribution in [3.05, 3.63) is 105 Å². The summed E-state index contributed by atoms with van der Waals surface area (Å²) < 4.78 is 0. The van der Waals surface area contributed by atoms with E-state index in [-0.39, 0.29) is 0 Å². The molecular weight excluding hydrogens is 491 g/mol. The maximum atomic E-state index is 5.82. The van der Waals surface area contributed by atoms with Crippen LogP contribution in [-0.2, 0) is 47.3 Å². The van der Waals surface area contributed by atoms with Crippen LogP contribution < -0.4 is 0 Å². The second-order valence-electron chi connectivity index (χ2n) is 13.1. The summed E-state index contributed by atoms with van der Waals surface area (Å²) in [5, 5.41) is 0. The van der Waals surface area contributed by atoms with Crippen LogP contribution in [0.15, 0.2) is 60.7 Å². The lowest BCUT2D eigenvalue weighted by Crippen LogP contribution is -2.11.